The van der Waals surface area contributed by atoms with Crippen molar-refractivity contribution >= 4 is 0 Å². The fraction of sp³-hybridized carbons (Fsp3) is 0.636. The molecule has 0 bridgehead atoms. The Bertz CT molecular complexity index is 350. The zero-order valence-corrected chi connectivity index (χ0v) is 9.62. The zero-order chi connectivity index (χ0) is 11.3. The summed E-state index contributed by atoms with van der Waals surface area (Å²) in [6.45, 7) is 7.44. The highest BCUT2D eigenvalue weighted by molar-refractivity contribution is 5.05. The quantitative estimate of drug-likeness (QED) is 0.793. The maximum absolute atomic E-state index is 9.16. The summed E-state index contributed by atoms with van der Waals surface area (Å²) in [5.74, 6) is 0.940. The first-order valence-corrected chi connectivity index (χ1v) is 5.25. The van der Waals surface area contributed by atoms with Crippen molar-refractivity contribution in [2.45, 2.75) is 39.3 Å². The van der Waals surface area contributed by atoms with Crippen molar-refractivity contribution in [3.8, 4) is 6.07 Å². The molecular formula is C11H18N4. The van der Waals surface area contributed by atoms with E-state index in [0.717, 1.165) is 18.8 Å². The van der Waals surface area contributed by atoms with Crippen molar-refractivity contribution in [3.63, 3.8) is 0 Å². The van der Waals surface area contributed by atoms with Gasteiger partial charge in [0.25, 0.3) is 0 Å². The number of imidazole rings is 1. The van der Waals surface area contributed by atoms with Crippen LogP contribution in [0.1, 0.15) is 26.1 Å². The van der Waals surface area contributed by atoms with Crippen LogP contribution in [0.4, 0.5) is 0 Å². The van der Waals surface area contributed by atoms with Gasteiger partial charge in [-0.2, -0.15) is 5.26 Å². The van der Waals surface area contributed by atoms with Crippen LogP contribution in [0.3, 0.4) is 0 Å². The molecule has 4 nitrogen and oxygen atoms in total. The van der Waals surface area contributed by atoms with Crippen LogP contribution in [0.5, 0.6) is 0 Å². The summed E-state index contributed by atoms with van der Waals surface area (Å²) < 4.78 is 1.99. The second kappa shape index (κ2) is 4.94. The van der Waals surface area contributed by atoms with E-state index in [9.17, 15) is 0 Å². The third kappa shape index (κ3) is 3.07. The smallest absolute Gasteiger partial charge is 0.122 e. The van der Waals surface area contributed by atoms with Gasteiger partial charge in [0.05, 0.1) is 12.6 Å². The lowest BCUT2D eigenvalue weighted by molar-refractivity contribution is 0.385. The van der Waals surface area contributed by atoms with E-state index in [2.05, 4.69) is 23.3 Å². The van der Waals surface area contributed by atoms with Crippen molar-refractivity contribution in [3.05, 3.63) is 18.2 Å². The van der Waals surface area contributed by atoms with Crippen LogP contribution in [0.25, 0.3) is 0 Å². The Morgan fingerprint density at radius 3 is 2.87 bits per heavy atom. The first-order chi connectivity index (χ1) is 7.11. The van der Waals surface area contributed by atoms with Gasteiger partial charge in [0.15, 0.2) is 0 Å². The molecule has 0 saturated heterocycles. The Kier molecular flexibility index (Phi) is 3.87. The third-order valence-corrected chi connectivity index (χ3v) is 2.42. The number of nitrogens with zero attached hydrogens (tertiary/aromatic N) is 3. The minimum atomic E-state index is -0.512. The van der Waals surface area contributed by atoms with E-state index in [0.29, 0.717) is 6.54 Å². The van der Waals surface area contributed by atoms with E-state index in [1.54, 1.807) is 6.20 Å². The number of aromatic nitrogens is 2. The molecule has 1 rings (SSSR count). The molecular weight excluding hydrogens is 188 g/mol. The van der Waals surface area contributed by atoms with Crippen LogP contribution in [0.15, 0.2) is 12.4 Å². The van der Waals surface area contributed by atoms with Crippen molar-refractivity contribution in [1.29, 1.82) is 5.26 Å². The Labute approximate surface area is 90.9 Å². The lowest BCUT2D eigenvalue weighted by Gasteiger charge is -2.24. The predicted molar refractivity (Wildman–Crippen MR) is 59.3 cm³/mol. The molecule has 0 saturated carbocycles. The first-order valence-electron chi connectivity index (χ1n) is 5.25. The minimum absolute atomic E-state index is 0.512. The molecule has 15 heavy (non-hydrogen) atoms. The Hall–Kier alpha value is -1.34. The largest absolute Gasteiger partial charge is 0.332 e. The van der Waals surface area contributed by atoms with Crippen LogP contribution >= 0.6 is 0 Å². The molecule has 1 heterocycles. The molecule has 1 atom stereocenters. The molecule has 4 heteroatoms. The topological polar surface area (TPSA) is 53.6 Å². The molecule has 0 aliphatic rings. The molecule has 1 N–H and O–H groups in total. The zero-order valence-electron chi connectivity index (χ0n) is 9.62. The first kappa shape index (κ1) is 11.7. The van der Waals surface area contributed by atoms with Gasteiger partial charge >= 0.3 is 0 Å². The fourth-order valence-corrected chi connectivity index (χ4v) is 1.44. The molecule has 0 aromatic carbocycles. The molecule has 0 spiro atoms. The highest BCUT2D eigenvalue weighted by atomic mass is 15.1. The average Bonchev–Trinajstić information content (AvgIpc) is 2.61. The minimum Gasteiger partial charge on any atom is -0.332 e. The lowest BCUT2D eigenvalue weighted by atomic mass is 10.0. The monoisotopic (exact) mass is 206 g/mol. The number of nitrogens with one attached hydrogen (secondary N) is 1. The summed E-state index contributed by atoms with van der Waals surface area (Å²) in [7, 11) is 0. The van der Waals surface area contributed by atoms with E-state index in [1.165, 1.54) is 0 Å². The number of hydrogen-bond donors (Lipinski definition) is 1. The molecule has 0 radical (unpaired) electrons. The number of hydrogen-bond acceptors (Lipinski definition) is 3. The van der Waals surface area contributed by atoms with Gasteiger partial charge in [0, 0.05) is 12.4 Å². The lowest BCUT2D eigenvalue weighted by Crippen LogP contribution is -2.45. The highest BCUT2D eigenvalue weighted by Crippen LogP contribution is 2.08. The maximum Gasteiger partial charge on any atom is 0.122 e. The van der Waals surface area contributed by atoms with E-state index in [4.69, 9.17) is 5.26 Å². The predicted octanol–water partition coefficient (Wildman–Crippen LogP) is 1.47. The van der Waals surface area contributed by atoms with Crippen molar-refractivity contribution in [1.82, 2.24) is 14.9 Å². The molecule has 0 fully saturated rings. The van der Waals surface area contributed by atoms with E-state index in [-0.39, 0.29) is 0 Å². The van der Waals surface area contributed by atoms with E-state index < -0.39 is 5.54 Å². The van der Waals surface area contributed by atoms with Crippen molar-refractivity contribution in [2.75, 3.05) is 6.54 Å². The number of rotatable bonds is 5. The highest BCUT2D eigenvalue weighted by Gasteiger charge is 2.23. The summed E-state index contributed by atoms with van der Waals surface area (Å²) in [5.41, 5.74) is -0.512. The van der Waals surface area contributed by atoms with E-state index in [1.807, 2.05) is 24.6 Å². The molecule has 1 aromatic heterocycles. The van der Waals surface area contributed by atoms with Crippen molar-refractivity contribution < 1.29 is 0 Å². The summed E-state index contributed by atoms with van der Waals surface area (Å²) in [6, 6.07) is 2.32. The van der Waals surface area contributed by atoms with Gasteiger partial charge in [0.2, 0.25) is 0 Å². The van der Waals surface area contributed by atoms with Crippen LogP contribution in [-0.4, -0.2) is 21.6 Å². The van der Waals surface area contributed by atoms with E-state index >= 15 is 0 Å². The van der Waals surface area contributed by atoms with Crippen LogP contribution in [0, 0.1) is 18.3 Å². The molecule has 82 valence electrons. The average molecular weight is 206 g/mol. The van der Waals surface area contributed by atoms with Crippen LogP contribution in [-0.2, 0) is 6.54 Å². The molecule has 1 aromatic rings. The summed E-state index contributed by atoms with van der Waals surface area (Å²) in [6.07, 6.45) is 4.69. The summed E-state index contributed by atoms with van der Waals surface area (Å²) >= 11 is 0. The Morgan fingerprint density at radius 1 is 1.67 bits per heavy atom. The summed E-state index contributed by atoms with van der Waals surface area (Å²) in [4.78, 5) is 4.14. The standard InChI is InChI=1S/C11H18N4/c1-4-5-14-11(3,8-12)9-15-7-6-13-10(15)2/h6-7,14H,4-5,9H2,1-3H3. The van der Waals surface area contributed by atoms with Gasteiger partial charge in [-0.05, 0) is 26.8 Å². The molecule has 0 aliphatic carbocycles. The van der Waals surface area contributed by atoms with Crippen LogP contribution < -0.4 is 5.32 Å². The summed E-state index contributed by atoms with van der Waals surface area (Å²) in [5, 5.41) is 12.4. The third-order valence-electron chi connectivity index (χ3n) is 2.42. The van der Waals surface area contributed by atoms with Gasteiger partial charge in [-0.25, -0.2) is 4.98 Å². The van der Waals surface area contributed by atoms with Crippen LogP contribution in [0.2, 0.25) is 0 Å². The molecule has 0 amide bonds. The van der Waals surface area contributed by atoms with Gasteiger partial charge < -0.3 is 4.57 Å². The number of nitriles is 1. The molecule has 1 unspecified atom stereocenters. The fourth-order valence-electron chi connectivity index (χ4n) is 1.44. The van der Waals surface area contributed by atoms with Crippen molar-refractivity contribution in [2.24, 2.45) is 0 Å². The van der Waals surface area contributed by atoms with Gasteiger partial charge in [-0.15, -0.1) is 0 Å². The SMILES string of the molecule is CCCNC(C)(C#N)Cn1ccnc1C. The molecule has 0 aliphatic heterocycles. The second-order valence-corrected chi connectivity index (χ2v) is 3.97. The Morgan fingerprint density at radius 2 is 2.40 bits per heavy atom. The normalized spacial score (nSPS) is 14.5. The van der Waals surface area contributed by atoms with Gasteiger partial charge in [-0.3, -0.25) is 5.32 Å². The second-order valence-electron chi connectivity index (χ2n) is 3.97. The maximum atomic E-state index is 9.16. The van der Waals surface area contributed by atoms with Gasteiger partial charge in [0.1, 0.15) is 11.4 Å². The Balaban J connectivity index is 2.69. The van der Waals surface area contributed by atoms with Gasteiger partial charge in [-0.1, -0.05) is 6.92 Å². The number of aryl methyl sites for hydroxylation is 1.